The van der Waals surface area contributed by atoms with Gasteiger partial charge < -0.3 is 14.2 Å². The molecule has 0 aliphatic rings. The normalized spacial score (nSPS) is 12.9. The molecule has 0 aromatic rings. The third-order valence-electron chi connectivity index (χ3n) is 8.91. The van der Waals surface area contributed by atoms with Crippen molar-refractivity contribution in [2.45, 2.75) is 194 Å². The van der Waals surface area contributed by atoms with Gasteiger partial charge in [-0.25, -0.2) is 0 Å². The van der Waals surface area contributed by atoms with Gasteiger partial charge >= 0.3 is 17.9 Å². The predicted molar refractivity (Wildman–Crippen MR) is 233 cm³/mol. The van der Waals surface area contributed by atoms with E-state index in [0.717, 1.165) is 103 Å². The standard InChI is InChI=1S/C49H80O6/c1-4-7-10-13-16-19-21-23-24-26-27-30-33-36-39-42-48(51)54-45-46(44-53-47(50)41-38-35-32-29-18-15-12-9-6-3)55-49(52)43-40-37-34-31-28-25-22-20-17-14-11-8-5-2/h7-8,10-11,16-17,19-20,23-25,28,34,37,46H,4-6,9,12-15,18,21-22,26-27,29-33,35-36,38-45H2,1-3H3/b10-7-,11-8-,19-16-,20-17-,24-23-,28-25-,37-34-. The van der Waals surface area contributed by atoms with Gasteiger partial charge in [0.2, 0.25) is 0 Å². The second-order valence-electron chi connectivity index (χ2n) is 14.2. The van der Waals surface area contributed by atoms with E-state index in [2.05, 4.69) is 93.7 Å². The van der Waals surface area contributed by atoms with Gasteiger partial charge in [0.15, 0.2) is 6.10 Å². The molecule has 0 saturated carbocycles. The van der Waals surface area contributed by atoms with Crippen molar-refractivity contribution in [3.63, 3.8) is 0 Å². The Morgan fingerprint density at radius 1 is 0.382 bits per heavy atom. The quantitative estimate of drug-likeness (QED) is 0.0270. The summed E-state index contributed by atoms with van der Waals surface area (Å²) in [4.78, 5) is 37.6. The zero-order valence-electron chi connectivity index (χ0n) is 35.4. The lowest BCUT2D eigenvalue weighted by atomic mass is 10.1. The van der Waals surface area contributed by atoms with Crippen LogP contribution in [0.3, 0.4) is 0 Å². The molecule has 55 heavy (non-hydrogen) atoms. The number of esters is 3. The molecule has 0 aliphatic heterocycles. The summed E-state index contributed by atoms with van der Waals surface area (Å²) in [5.74, 6) is -1.02. The Kier molecular flexibility index (Phi) is 40.6. The van der Waals surface area contributed by atoms with E-state index < -0.39 is 12.1 Å². The van der Waals surface area contributed by atoms with Crippen molar-refractivity contribution < 1.29 is 28.6 Å². The number of ether oxygens (including phenoxy) is 3. The number of unbranched alkanes of at least 4 members (excludes halogenated alkanes) is 13. The van der Waals surface area contributed by atoms with Gasteiger partial charge in [0.25, 0.3) is 0 Å². The second-order valence-corrected chi connectivity index (χ2v) is 14.2. The van der Waals surface area contributed by atoms with E-state index in [0.29, 0.717) is 19.3 Å². The van der Waals surface area contributed by atoms with Crippen molar-refractivity contribution in [2.24, 2.45) is 0 Å². The lowest BCUT2D eigenvalue weighted by Crippen LogP contribution is -2.30. The topological polar surface area (TPSA) is 78.9 Å². The van der Waals surface area contributed by atoms with Gasteiger partial charge in [0, 0.05) is 19.3 Å². The van der Waals surface area contributed by atoms with Crippen LogP contribution >= 0.6 is 0 Å². The zero-order chi connectivity index (χ0) is 40.1. The van der Waals surface area contributed by atoms with Crippen molar-refractivity contribution in [1.82, 2.24) is 0 Å². The Morgan fingerprint density at radius 3 is 1.18 bits per heavy atom. The lowest BCUT2D eigenvalue weighted by Gasteiger charge is -2.18. The van der Waals surface area contributed by atoms with Gasteiger partial charge in [-0.3, -0.25) is 14.4 Å². The maximum Gasteiger partial charge on any atom is 0.306 e. The molecule has 1 atom stereocenters. The first-order chi connectivity index (χ1) is 27.0. The molecule has 0 heterocycles. The van der Waals surface area contributed by atoms with Crippen LogP contribution in [-0.4, -0.2) is 37.2 Å². The first-order valence-corrected chi connectivity index (χ1v) is 22.1. The summed E-state index contributed by atoms with van der Waals surface area (Å²) in [6, 6.07) is 0. The van der Waals surface area contributed by atoms with Crippen LogP contribution < -0.4 is 0 Å². The molecule has 312 valence electrons. The molecule has 0 aliphatic carbocycles. The minimum atomic E-state index is -0.817. The van der Waals surface area contributed by atoms with Crippen LogP contribution in [0.5, 0.6) is 0 Å². The minimum Gasteiger partial charge on any atom is -0.462 e. The molecule has 0 bridgehead atoms. The maximum atomic E-state index is 12.7. The zero-order valence-corrected chi connectivity index (χ0v) is 35.4. The number of allylic oxidation sites excluding steroid dienone is 14. The summed E-state index contributed by atoms with van der Waals surface area (Å²) < 4.78 is 16.6. The Labute approximate surface area is 337 Å². The highest BCUT2D eigenvalue weighted by molar-refractivity contribution is 5.71. The molecular weight excluding hydrogens is 685 g/mol. The summed E-state index contributed by atoms with van der Waals surface area (Å²) in [7, 11) is 0. The molecule has 0 aromatic carbocycles. The molecular formula is C49H80O6. The molecule has 0 amide bonds. The van der Waals surface area contributed by atoms with Crippen LogP contribution in [0.1, 0.15) is 188 Å². The van der Waals surface area contributed by atoms with E-state index in [4.69, 9.17) is 14.2 Å². The van der Waals surface area contributed by atoms with Crippen LogP contribution in [0.4, 0.5) is 0 Å². The fraction of sp³-hybridized carbons (Fsp3) is 0.653. The van der Waals surface area contributed by atoms with Crippen molar-refractivity contribution in [3.05, 3.63) is 85.1 Å². The Bertz CT molecular complexity index is 1110. The molecule has 0 saturated heterocycles. The summed E-state index contributed by atoms with van der Waals surface area (Å²) in [6.07, 6.45) is 54.4. The molecule has 0 radical (unpaired) electrons. The molecule has 6 nitrogen and oxygen atoms in total. The summed E-state index contributed by atoms with van der Waals surface area (Å²) in [6.45, 7) is 6.28. The smallest absolute Gasteiger partial charge is 0.306 e. The van der Waals surface area contributed by atoms with E-state index in [1.54, 1.807) is 0 Å². The Balaban J connectivity index is 4.50. The van der Waals surface area contributed by atoms with Crippen molar-refractivity contribution in [1.29, 1.82) is 0 Å². The van der Waals surface area contributed by atoms with E-state index >= 15 is 0 Å². The fourth-order valence-electron chi connectivity index (χ4n) is 5.64. The number of carbonyl (C=O) groups is 3. The molecule has 0 fully saturated rings. The van der Waals surface area contributed by atoms with Crippen LogP contribution in [0.15, 0.2) is 85.1 Å². The molecule has 0 spiro atoms. The molecule has 6 heteroatoms. The third-order valence-corrected chi connectivity index (χ3v) is 8.91. The highest BCUT2D eigenvalue weighted by Gasteiger charge is 2.19. The van der Waals surface area contributed by atoms with Gasteiger partial charge in [-0.2, -0.15) is 0 Å². The average Bonchev–Trinajstić information content (AvgIpc) is 3.18. The van der Waals surface area contributed by atoms with Crippen molar-refractivity contribution >= 4 is 17.9 Å². The molecule has 1 unspecified atom stereocenters. The highest BCUT2D eigenvalue weighted by Crippen LogP contribution is 2.12. The number of hydrogen-bond acceptors (Lipinski definition) is 6. The average molecular weight is 765 g/mol. The van der Waals surface area contributed by atoms with Gasteiger partial charge in [0.1, 0.15) is 13.2 Å². The first-order valence-electron chi connectivity index (χ1n) is 22.1. The predicted octanol–water partition coefficient (Wildman–Crippen LogP) is 14.1. The van der Waals surface area contributed by atoms with E-state index in [-0.39, 0.29) is 31.6 Å². The van der Waals surface area contributed by atoms with Crippen LogP contribution in [0.2, 0.25) is 0 Å². The molecule has 0 aromatic heterocycles. The molecule has 0 rings (SSSR count). The highest BCUT2D eigenvalue weighted by atomic mass is 16.6. The van der Waals surface area contributed by atoms with Crippen LogP contribution in [-0.2, 0) is 28.6 Å². The summed E-state index contributed by atoms with van der Waals surface area (Å²) >= 11 is 0. The largest absolute Gasteiger partial charge is 0.462 e. The van der Waals surface area contributed by atoms with Gasteiger partial charge in [-0.1, -0.05) is 176 Å². The monoisotopic (exact) mass is 765 g/mol. The Morgan fingerprint density at radius 2 is 0.745 bits per heavy atom. The van der Waals surface area contributed by atoms with Gasteiger partial charge in [-0.05, 0) is 77.0 Å². The first kappa shape index (κ1) is 51.6. The van der Waals surface area contributed by atoms with Gasteiger partial charge in [-0.15, -0.1) is 0 Å². The maximum absolute atomic E-state index is 12.7. The van der Waals surface area contributed by atoms with Crippen molar-refractivity contribution in [2.75, 3.05) is 13.2 Å². The number of hydrogen-bond donors (Lipinski definition) is 0. The summed E-state index contributed by atoms with van der Waals surface area (Å²) in [5.41, 5.74) is 0. The van der Waals surface area contributed by atoms with E-state index in [1.807, 2.05) is 12.2 Å². The second kappa shape index (κ2) is 43.3. The summed E-state index contributed by atoms with van der Waals surface area (Å²) in [5, 5.41) is 0. The van der Waals surface area contributed by atoms with Crippen LogP contribution in [0.25, 0.3) is 0 Å². The molecule has 0 N–H and O–H groups in total. The van der Waals surface area contributed by atoms with E-state index in [9.17, 15) is 14.4 Å². The van der Waals surface area contributed by atoms with Gasteiger partial charge in [0.05, 0.1) is 0 Å². The SMILES string of the molecule is CC/C=C\C/C=C\C/C=C\C/C=C\CCC(=O)OC(COC(=O)CCCCCCC/C=C\C/C=C\C/C=C\CC)COC(=O)CCCCCCCCCCC. The van der Waals surface area contributed by atoms with E-state index in [1.165, 1.54) is 38.5 Å². The fourth-order valence-corrected chi connectivity index (χ4v) is 5.64. The minimum absolute atomic E-state index is 0.111. The number of rotatable bonds is 38. The third kappa shape index (κ3) is 41.6. The number of carbonyl (C=O) groups excluding carboxylic acids is 3. The lowest BCUT2D eigenvalue weighted by molar-refractivity contribution is -0.166. The Hall–Kier alpha value is -3.41. The van der Waals surface area contributed by atoms with Crippen LogP contribution in [0, 0.1) is 0 Å². The van der Waals surface area contributed by atoms with Crippen molar-refractivity contribution in [3.8, 4) is 0 Å².